The van der Waals surface area contributed by atoms with E-state index < -0.39 is 35.7 Å². The van der Waals surface area contributed by atoms with E-state index in [-0.39, 0.29) is 29.6 Å². The van der Waals surface area contributed by atoms with E-state index >= 15 is 0 Å². The van der Waals surface area contributed by atoms with Crippen molar-refractivity contribution in [1.82, 2.24) is 16.0 Å². The minimum Gasteiger partial charge on any atom is -0.453 e. The molecule has 0 aromatic heterocycles. The van der Waals surface area contributed by atoms with Crippen molar-refractivity contribution in [2.75, 3.05) is 19.5 Å². The molecule has 0 saturated carbocycles. The van der Waals surface area contributed by atoms with E-state index in [9.17, 15) is 24.0 Å². The third kappa shape index (κ3) is 5.53. The van der Waals surface area contributed by atoms with Crippen molar-refractivity contribution in [3.63, 3.8) is 0 Å². The SMILES string of the molecule is CNC(=O)C(=O)[C@H](C[C@@H]1C[C@@H](C)NC1=O)NC(=O)c1ccccc1NC(=O)OC. The number of likely N-dealkylation sites (N-methyl/N-ethyl adjacent to an activating group) is 1. The van der Waals surface area contributed by atoms with Crippen molar-refractivity contribution in [2.24, 2.45) is 5.92 Å². The Morgan fingerprint density at radius 3 is 2.52 bits per heavy atom. The van der Waals surface area contributed by atoms with E-state index in [0.717, 1.165) is 0 Å². The lowest BCUT2D eigenvalue weighted by molar-refractivity contribution is -0.139. The Kier molecular flexibility index (Phi) is 7.29. The van der Waals surface area contributed by atoms with Gasteiger partial charge in [-0.3, -0.25) is 24.5 Å². The van der Waals surface area contributed by atoms with Crippen molar-refractivity contribution in [1.29, 1.82) is 0 Å². The molecule has 1 aromatic rings. The molecule has 0 unspecified atom stereocenters. The maximum Gasteiger partial charge on any atom is 0.411 e. The standard InChI is InChI=1S/C19H24N4O6/c1-10-8-11(16(25)21-10)9-14(15(24)18(27)20-2)22-17(26)12-6-4-5-7-13(12)23-19(28)29-3/h4-7,10-11,14H,8-9H2,1-3H3,(H,20,27)(H,21,25)(H,22,26)(H,23,28)/t10-,11+,14+/m1/s1. The summed E-state index contributed by atoms with van der Waals surface area (Å²) in [6.07, 6.45) is -0.284. The van der Waals surface area contributed by atoms with Gasteiger partial charge in [-0.25, -0.2) is 4.79 Å². The molecular formula is C19H24N4O6. The molecule has 4 amide bonds. The van der Waals surface area contributed by atoms with Crippen LogP contribution in [0.4, 0.5) is 10.5 Å². The molecule has 29 heavy (non-hydrogen) atoms. The molecular weight excluding hydrogens is 380 g/mol. The molecule has 0 radical (unpaired) electrons. The van der Waals surface area contributed by atoms with E-state index in [0.29, 0.717) is 6.42 Å². The van der Waals surface area contributed by atoms with Crippen molar-refractivity contribution in [2.45, 2.75) is 31.8 Å². The van der Waals surface area contributed by atoms with Gasteiger partial charge >= 0.3 is 6.09 Å². The van der Waals surface area contributed by atoms with Crippen LogP contribution in [-0.4, -0.2) is 55.8 Å². The van der Waals surface area contributed by atoms with Gasteiger partial charge in [-0.1, -0.05) is 12.1 Å². The number of carbonyl (C=O) groups is 5. The van der Waals surface area contributed by atoms with Crippen LogP contribution in [0.15, 0.2) is 24.3 Å². The number of nitrogens with one attached hydrogen (secondary N) is 4. The second-order valence-electron chi connectivity index (χ2n) is 6.71. The zero-order valence-corrected chi connectivity index (χ0v) is 16.4. The molecule has 1 aromatic carbocycles. The molecule has 1 saturated heterocycles. The molecule has 1 heterocycles. The maximum absolute atomic E-state index is 12.8. The molecule has 1 aliphatic rings. The summed E-state index contributed by atoms with van der Waals surface area (Å²) in [5.74, 6) is -3.14. The quantitative estimate of drug-likeness (QED) is 0.478. The Bertz CT molecular complexity index is 825. The number of rotatable bonds is 7. The molecule has 0 bridgehead atoms. The van der Waals surface area contributed by atoms with Crippen molar-refractivity contribution < 1.29 is 28.7 Å². The Morgan fingerprint density at radius 1 is 1.24 bits per heavy atom. The van der Waals surface area contributed by atoms with Crippen LogP contribution in [0.5, 0.6) is 0 Å². The largest absolute Gasteiger partial charge is 0.453 e. The van der Waals surface area contributed by atoms with Crippen LogP contribution >= 0.6 is 0 Å². The summed E-state index contributed by atoms with van der Waals surface area (Å²) < 4.78 is 4.53. The van der Waals surface area contributed by atoms with Gasteiger partial charge in [-0.2, -0.15) is 0 Å². The van der Waals surface area contributed by atoms with E-state index in [1.54, 1.807) is 12.1 Å². The first-order valence-electron chi connectivity index (χ1n) is 9.08. The van der Waals surface area contributed by atoms with Gasteiger partial charge in [0.05, 0.1) is 24.4 Å². The molecule has 1 fully saturated rings. The molecule has 0 spiro atoms. The number of para-hydroxylation sites is 1. The number of anilines is 1. The lowest BCUT2D eigenvalue weighted by Gasteiger charge is -2.20. The van der Waals surface area contributed by atoms with Crippen LogP contribution in [0.25, 0.3) is 0 Å². The lowest BCUT2D eigenvalue weighted by Crippen LogP contribution is -2.48. The van der Waals surface area contributed by atoms with Gasteiger partial charge in [0, 0.05) is 19.0 Å². The zero-order chi connectivity index (χ0) is 21.6. The molecule has 4 N–H and O–H groups in total. The van der Waals surface area contributed by atoms with Crippen LogP contribution in [0, 0.1) is 5.92 Å². The Hall–Kier alpha value is -3.43. The van der Waals surface area contributed by atoms with Crippen molar-refractivity contribution in [3.8, 4) is 0 Å². The first-order chi connectivity index (χ1) is 13.8. The molecule has 0 aliphatic carbocycles. The van der Waals surface area contributed by atoms with Crippen LogP contribution in [0.3, 0.4) is 0 Å². The lowest BCUT2D eigenvalue weighted by atomic mass is 9.93. The number of Topliss-reactive ketones (excluding diaryl/α,β-unsaturated/α-hetero) is 1. The van der Waals surface area contributed by atoms with Gasteiger partial charge in [-0.15, -0.1) is 0 Å². The highest BCUT2D eigenvalue weighted by Crippen LogP contribution is 2.22. The van der Waals surface area contributed by atoms with E-state index in [4.69, 9.17) is 0 Å². The fraction of sp³-hybridized carbons (Fsp3) is 0.421. The topological polar surface area (TPSA) is 143 Å². The number of ether oxygens (including phenoxy) is 1. The summed E-state index contributed by atoms with van der Waals surface area (Å²) in [5, 5.41) is 9.92. The Morgan fingerprint density at radius 2 is 1.93 bits per heavy atom. The predicted octanol–water partition coefficient (Wildman–Crippen LogP) is 0.193. The Balaban J connectivity index is 2.23. The molecule has 156 valence electrons. The van der Waals surface area contributed by atoms with E-state index in [2.05, 4.69) is 26.0 Å². The summed E-state index contributed by atoms with van der Waals surface area (Å²) in [4.78, 5) is 60.7. The number of hydrogen-bond acceptors (Lipinski definition) is 6. The summed E-state index contributed by atoms with van der Waals surface area (Å²) >= 11 is 0. The summed E-state index contributed by atoms with van der Waals surface area (Å²) in [5.41, 5.74) is 0.257. The first kappa shape index (κ1) is 21.9. The fourth-order valence-corrected chi connectivity index (χ4v) is 3.14. The van der Waals surface area contributed by atoms with Gasteiger partial charge in [0.1, 0.15) is 0 Å². The number of methoxy groups -OCH3 is 1. The molecule has 3 atom stereocenters. The number of benzene rings is 1. The predicted molar refractivity (Wildman–Crippen MR) is 103 cm³/mol. The van der Waals surface area contributed by atoms with E-state index in [1.165, 1.54) is 26.3 Å². The van der Waals surface area contributed by atoms with Crippen molar-refractivity contribution in [3.05, 3.63) is 29.8 Å². The smallest absolute Gasteiger partial charge is 0.411 e. The second kappa shape index (κ2) is 9.67. The van der Waals surface area contributed by atoms with Crippen LogP contribution < -0.4 is 21.3 Å². The second-order valence-corrected chi connectivity index (χ2v) is 6.71. The summed E-state index contributed by atoms with van der Waals surface area (Å²) in [6, 6.07) is 4.89. The van der Waals surface area contributed by atoms with Gasteiger partial charge in [-0.05, 0) is 31.9 Å². The fourth-order valence-electron chi connectivity index (χ4n) is 3.14. The van der Waals surface area contributed by atoms with Gasteiger partial charge in [0.2, 0.25) is 11.7 Å². The average Bonchev–Trinajstić information content (AvgIpc) is 3.03. The van der Waals surface area contributed by atoms with Crippen LogP contribution in [0.2, 0.25) is 0 Å². The maximum atomic E-state index is 12.8. The highest BCUT2D eigenvalue weighted by atomic mass is 16.5. The molecule has 10 heteroatoms. The normalized spacial score (nSPS) is 18.9. The van der Waals surface area contributed by atoms with Crippen LogP contribution in [0.1, 0.15) is 30.1 Å². The minimum atomic E-state index is -1.20. The molecule has 1 aliphatic heterocycles. The van der Waals surface area contributed by atoms with Gasteiger partial charge in [0.25, 0.3) is 11.8 Å². The Labute approximate surface area is 167 Å². The molecule has 10 nitrogen and oxygen atoms in total. The third-order valence-electron chi connectivity index (χ3n) is 4.58. The van der Waals surface area contributed by atoms with E-state index in [1.807, 2.05) is 6.92 Å². The highest BCUT2D eigenvalue weighted by Gasteiger charge is 2.36. The van der Waals surface area contributed by atoms with Crippen molar-refractivity contribution >= 4 is 35.3 Å². The minimum absolute atomic E-state index is 0.0131. The third-order valence-corrected chi connectivity index (χ3v) is 4.58. The zero-order valence-electron chi connectivity index (χ0n) is 16.4. The van der Waals surface area contributed by atoms with Gasteiger partial charge in [0.15, 0.2) is 0 Å². The summed E-state index contributed by atoms with van der Waals surface area (Å²) in [7, 11) is 2.49. The number of amides is 4. The monoisotopic (exact) mass is 404 g/mol. The van der Waals surface area contributed by atoms with Gasteiger partial charge < -0.3 is 20.7 Å². The van der Waals surface area contributed by atoms with Crippen LogP contribution in [-0.2, 0) is 19.1 Å². The highest BCUT2D eigenvalue weighted by molar-refractivity contribution is 6.38. The summed E-state index contributed by atoms with van der Waals surface area (Å²) in [6.45, 7) is 1.83. The number of ketones is 1. The average molecular weight is 404 g/mol. The first-order valence-corrected chi connectivity index (χ1v) is 9.08. The number of hydrogen-bond donors (Lipinski definition) is 4. The molecule has 2 rings (SSSR count). The number of carbonyl (C=O) groups excluding carboxylic acids is 5.